The molecule has 6 nitrogen and oxygen atoms in total. The largest absolute Gasteiger partial charge is 0.352 e. The summed E-state index contributed by atoms with van der Waals surface area (Å²) in [6.07, 6.45) is 0. The number of carbonyl (C=O) groups is 1. The van der Waals surface area contributed by atoms with E-state index in [1.165, 1.54) is 12.1 Å². The first kappa shape index (κ1) is 20.0. The van der Waals surface area contributed by atoms with Gasteiger partial charge in [-0.2, -0.15) is 13.9 Å². The van der Waals surface area contributed by atoms with Crippen molar-refractivity contribution >= 4 is 15.7 Å². The van der Waals surface area contributed by atoms with Crippen LogP contribution >= 0.6 is 0 Å². The van der Waals surface area contributed by atoms with Gasteiger partial charge in [-0.25, -0.2) is 8.42 Å². The first-order chi connectivity index (χ1) is 12.1. The van der Waals surface area contributed by atoms with Crippen molar-refractivity contribution < 1.29 is 22.0 Å². The smallest absolute Gasteiger partial charge is 0.341 e. The normalized spacial score (nSPS) is 13.0. The van der Waals surface area contributed by atoms with Crippen molar-refractivity contribution in [3.63, 3.8) is 0 Å². The van der Waals surface area contributed by atoms with Crippen LogP contribution in [-0.4, -0.2) is 36.4 Å². The third-order valence-electron chi connectivity index (χ3n) is 3.88. The molecule has 1 heterocycles. The number of sulfone groups is 1. The highest BCUT2D eigenvalue weighted by Gasteiger charge is 2.26. The number of benzene rings is 1. The van der Waals surface area contributed by atoms with Gasteiger partial charge in [0.2, 0.25) is 9.84 Å². The summed E-state index contributed by atoms with van der Waals surface area (Å²) >= 11 is 0. The highest BCUT2D eigenvalue weighted by atomic mass is 32.2. The molecular formula is C17H21F2N3O3S. The van der Waals surface area contributed by atoms with Gasteiger partial charge in [-0.1, -0.05) is 6.92 Å². The lowest BCUT2D eigenvalue weighted by atomic mass is 10.1. The zero-order valence-electron chi connectivity index (χ0n) is 14.7. The van der Waals surface area contributed by atoms with E-state index in [1.807, 2.05) is 31.5 Å². The van der Waals surface area contributed by atoms with Crippen molar-refractivity contribution in [2.24, 2.45) is 5.92 Å². The van der Waals surface area contributed by atoms with Gasteiger partial charge in [0.05, 0.1) is 10.6 Å². The molecule has 0 spiro atoms. The number of amides is 1. The Morgan fingerprint density at radius 3 is 2.35 bits per heavy atom. The molecular weight excluding hydrogens is 364 g/mol. The van der Waals surface area contributed by atoms with Gasteiger partial charge in [-0.3, -0.25) is 9.48 Å². The van der Waals surface area contributed by atoms with E-state index < -0.39 is 26.4 Å². The molecule has 9 heteroatoms. The number of nitrogens with zero attached hydrogens (tertiary/aromatic N) is 2. The van der Waals surface area contributed by atoms with Crippen LogP contribution in [0.25, 0.3) is 0 Å². The van der Waals surface area contributed by atoms with Gasteiger partial charge in [0.15, 0.2) is 0 Å². The van der Waals surface area contributed by atoms with Crippen LogP contribution < -0.4 is 5.32 Å². The molecule has 1 amide bonds. The Bertz CT molecular complexity index is 877. The van der Waals surface area contributed by atoms with Gasteiger partial charge in [-0.05, 0) is 50.1 Å². The Labute approximate surface area is 151 Å². The van der Waals surface area contributed by atoms with Crippen molar-refractivity contribution in [2.75, 3.05) is 6.54 Å². The Balaban J connectivity index is 1.94. The third-order valence-corrected chi connectivity index (χ3v) is 5.28. The molecule has 0 radical (unpaired) electrons. The maximum Gasteiger partial charge on any atom is 0.341 e. The maximum atomic E-state index is 12.5. The van der Waals surface area contributed by atoms with Crippen LogP contribution in [0.4, 0.5) is 8.78 Å². The Hall–Kier alpha value is -2.29. The molecule has 26 heavy (non-hydrogen) atoms. The average Bonchev–Trinajstić information content (AvgIpc) is 2.89. The van der Waals surface area contributed by atoms with Gasteiger partial charge in [0.25, 0.3) is 5.91 Å². The number of rotatable bonds is 7. The standard InChI is InChI=1S/C17H21F2N3O3S/c1-11(10-22-13(3)8-12(2)21-22)9-20-16(23)14-4-6-15(7-5-14)26(24,25)17(18)19/h4-8,11,17H,9-10H2,1-3H3,(H,20,23). The van der Waals surface area contributed by atoms with E-state index in [0.29, 0.717) is 13.1 Å². The molecule has 1 N–H and O–H groups in total. The van der Waals surface area contributed by atoms with E-state index in [0.717, 1.165) is 23.5 Å². The Morgan fingerprint density at radius 2 is 1.85 bits per heavy atom. The molecule has 0 saturated heterocycles. The van der Waals surface area contributed by atoms with Gasteiger partial charge in [0.1, 0.15) is 0 Å². The second-order valence-corrected chi connectivity index (χ2v) is 8.17. The molecule has 0 fully saturated rings. The summed E-state index contributed by atoms with van der Waals surface area (Å²) in [6, 6.07) is 6.43. The van der Waals surface area contributed by atoms with E-state index >= 15 is 0 Å². The molecule has 0 aliphatic rings. The lowest BCUT2D eigenvalue weighted by Gasteiger charge is -2.14. The molecule has 2 rings (SSSR count). The van der Waals surface area contributed by atoms with Crippen molar-refractivity contribution in [3.05, 3.63) is 47.3 Å². The van der Waals surface area contributed by atoms with E-state index in [2.05, 4.69) is 10.4 Å². The van der Waals surface area contributed by atoms with Gasteiger partial charge in [0, 0.05) is 24.3 Å². The number of halogens is 2. The summed E-state index contributed by atoms with van der Waals surface area (Å²) in [5, 5.41) is 7.12. The molecule has 0 aliphatic carbocycles. The SMILES string of the molecule is Cc1cc(C)n(CC(C)CNC(=O)c2ccc(S(=O)(=O)C(F)F)cc2)n1. The third kappa shape index (κ3) is 4.66. The minimum absolute atomic E-state index is 0.121. The molecule has 2 aromatic rings. The summed E-state index contributed by atoms with van der Waals surface area (Å²) in [6.45, 7) is 6.88. The minimum Gasteiger partial charge on any atom is -0.352 e. The maximum absolute atomic E-state index is 12.5. The van der Waals surface area contributed by atoms with E-state index in [4.69, 9.17) is 0 Å². The summed E-state index contributed by atoms with van der Waals surface area (Å²) in [4.78, 5) is 11.6. The van der Waals surface area contributed by atoms with E-state index in [-0.39, 0.29) is 11.5 Å². The summed E-state index contributed by atoms with van der Waals surface area (Å²) < 4.78 is 49.6. The first-order valence-electron chi connectivity index (χ1n) is 8.02. The van der Waals surface area contributed by atoms with Gasteiger partial charge >= 0.3 is 5.76 Å². The van der Waals surface area contributed by atoms with E-state index in [1.54, 1.807) is 0 Å². The molecule has 0 aliphatic heterocycles. The second-order valence-electron chi connectivity index (χ2n) is 6.25. The average molecular weight is 385 g/mol. The quantitative estimate of drug-likeness (QED) is 0.794. The number of carbonyl (C=O) groups excluding carboxylic acids is 1. The van der Waals surface area contributed by atoms with Crippen LogP contribution in [0, 0.1) is 19.8 Å². The van der Waals surface area contributed by atoms with Crippen LogP contribution in [0.5, 0.6) is 0 Å². The summed E-state index contributed by atoms with van der Waals surface area (Å²) in [5.41, 5.74) is 2.17. The highest BCUT2D eigenvalue weighted by Crippen LogP contribution is 2.18. The molecule has 1 atom stereocenters. The molecule has 1 unspecified atom stereocenters. The Morgan fingerprint density at radius 1 is 1.23 bits per heavy atom. The van der Waals surface area contributed by atoms with Crippen molar-refractivity contribution in [1.29, 1.82) is 0 Å². The highest BCUT2D eigenvalue weighted by molar-refractivity contribution is 7.91. The number of hydrogen-bond donors (Lipinski definition) is 1. The van der Waals surface area contributed by atoms with Crippen molar-refractivity contribution in [3.8, 4) is 0 Å². The predicted octanol–water partition coefficient (Wildman–Crippen LogP) is 2.56. The predicted molar refractivity (Wildman–Crippen MR) is 92.8 cm³/mol. The molecule has 1 aromatic carbocycles. The number of aromatic nitrogens is 2. The molecule has 0 saturated carbocycles. The Kier molecular flexibility index (Phi) is 6.12. The molecule has 1 aromatic heterocycles. The van der Waals surface area contributed by atoms with Gasteiger partial charge < -0.3 is 5.32 Å². The van der Waals surface area contributed by atoms with Gasteiger partial charge in [-0.15, -0.1) is 0 Å². The monoisotopic (exact) mass is 385 g/mol. The first-order valence-corrected chi connectivity index (χ1v) is 9.57. The van der Waals surface area contributed by atoms with Crippen LogP contribution in [-0.2, 0) is 16.4 Å². The fourth-order valence-corrected chi connectivity index (χ4v) is 3.21. The summed E-state index contributed by atoms with van der Waals surface area (Å²) in [7, 11) is -4.66. The minimum atomic E-state index is -4.66. The van der Waals surface area contributed by atoms with Crippen LogP contribution in [0.15, 0.2) is 35.2 Å². The summed E-state index contributed by atoms with van der Waals surface area (Å²) in [5.74, 6) is -3.76. The van der Waals surface area contributed by atoms with E-state index in [9.17, 15) is 22.0 Å². The van der Waals surface area contributed by atoms with Crippen LogP contribution in [0.2, 0.25) is 0 Å². The topological polar surface area (TPSA) is 81.1 Å². The van der Waals surface area contributed by atoms with Crippen LogP contribution in [0.3, 0.4) is 0 Å². The fraction of sp³-hybridized carbons (Fsp3) is 0.412. The van der Waals surface area contributed by atoms with Crippen molar-refractivity contribution in [1.82, 2.24) is 15.1 Å². The number of hydrogen-bond acceptors (Lipinski definition) is 4. The lowest BCUT2D eigenvalue weighted by Crippen LogP contribution is -2.30. The number of nitrogens with one attached hydrogen (secondary N) is 1. The van der Waals surface area contributed by atoms with Crippen molar-refractivity contribution in [2.45, 2.75) is 38.0 Å². The number of alkyl halides is 2. The number of aryl methyl sites for hydroxylation is 2. The molecule has 0 bridgehead atoms. The fourth-order valence-electron chi connectivity index (χ4n) is 2.49. The zero-order chi connectivity index (χ0) is 19.5. The lowest BCUT2D eigenvalue weighted by molar-refractivity contribution is 0.0946. The second kappa shape index (κ2) is 7.94. The van der Waals surface area contributed by atoms with Crippen LogP contribution in [0.1, 0.15) is 28.7 Å². The zero-order valence-corrected chi connectivity index (χ0v) is 15.6. The molecule has 142 valence electrons.